The van der Waals surface area contributed by atoms with Crippen LogP contribution in [0.2, 0.25) is 0 Å². The molecule has 0 amide bonds. The molecule has 0 bridgehead atoms. The summed E-state index contributed by atoms with van der Waals surface area (Å²) >= 11 is 0. The second kappa shape index (κ2) is 5.63. The second-order valence-electron chi connectivity index (χ2n) is 4.70. The average molecular weight is 277 g/mol. The molecular formula is C17H15N3O. The van der Waals surface area contributed by atoms with Crippen LogP contribution in [-0.4, -0.2) is 19.9 Å². The van der Waals surface area contributed by atoms with Crippen LogP contribution < -0.4 is 0 Å². The summed E-state index contributed by atoms with van der Waals surface area (Å²) in [4.78, 5) is 0. The largest absolute Gasteiger partial charge is 0.507 e. The van der Waals surface area contributed by atoms with Gasteiger partial charge in [-0.2, -0.15) is 0 Å². The fourth-order valence-corrected chi connectivity index (χ4v) is 2.12. The molecule has 4 heteroatoms. The first kappa shape index (κ1) is 13.1. The van der Waals surface area contributed by atoms with E-state index in [0.29, 0.717) is 11.4 Å². The molecule has 1 aromatic heterocycles. The number of phenolic OH excluding ortho intramolecular Hbond substituents is 1. The Hall–Kier alpha value is -2.88. The summed E-state index contributed by atoms with van der Waals surface area (Å²) in [6, 6.07) is 17.1. The maximum absolute atomic E-state index is 9.91. The molecule has 0 atom stereocenters. The smallest absolute Gasteiger partial charge is 0.167 e. The number of nitrogens with zero attached hydrogens (tertiary/aromatic N) is 3. The lowest BCUT2D eigenvalue weighted by atomic mass is 10.2. The Morgan fingerprint density at radius 2 is 1.62 bits per heavy atom. The highest BCUT2D eigenvalue weighted by Gasteiger charge is 2.11. The summed E-state index contributed by atoms with van der Waals surface area (Å²) in [5.41, 5.74) is 1.77. The standard InChI is InChI=1S/C17H15N3O/c1-20-16(12-11-13-7-3-2-4-8-13)18-19-17(20)14-9-5-6-10-15(14)21/h2-12,21H,1H3. The van der Waals surface area contributed by atoms with Crippen molar-refractivity contribution in [2.75, 3.05) is 0 Å². The predicted octanol–water partition coefficient (Wildman–Crippen LogP) is 3.36. The van der Waals surface area contributed by atoms with Crippen molar-refractivity contribution >= 4 is 12.2 Å². The van der Waals surface area contributed by atoms with Crippen LogP contribution in [0.1, 0.15) is 11.4 Å². The van der Waals surface area contributed by atoms with Crippen molar-refractivity contribution in [3.63, 3.8) is 0 Å². The summed E-state index contributed by atoms with van der Waals surface area (Å²) in [5, 5.41) is 18.2. The molecule has 0 aliphatic rings. The van der Waals surface area contributed by atoms with Crippen molar-refractivity contribution in [3.8, 4) is 17.1 Å². The summed E-state index contributed by atoms with van der Waals surface area (Å²) in [7, 11) is 1.88. The van der Waals surface area contributed by atoms with Crippen LogP contribution in [0.15, 0.2) is 54.6 Å². The van der Waals surface area contributed by atoms with Gasteiger partial charge < -0.3 is 9.67 Å². The minimum absolute atomic E-state index is 0.201. The molecule has 0 spiro atoms. The molecule has 0 fully saturated rings. The Bertz CT molecular complexity index is 776. The Balaban J connectivity index is 1.93. The predicted molar refractivity (Wildman–Crippen MR) is 83.5 cm³/mol. The zero-order chi connectivity index (χ0) is 14.7. The number of phenols is 1. The normalized spacial score (nSPS) is 11.1. The Morgan fingerprint density at radius 1 is 0.905 bits per heavy atom. The third kappa shape index (κ3) is 2.69. The fourth-order valence-electron chi connectivity index (χ4n) is 2.12. The zero-order valence-electron chi connectivity index (χ0n) is 11.6. The molecule has 3 aromatic rings. The highest BCUT2D eigenvalue weighted by molar-refractivity contribution is 5.69. The summed E-state index contributed by atoms with van der Waals surface area (Å²) in [6.45, 7) is 0. The number of rotatable bonds is 3. The van der Waals surface area contributed by atoms with E-state index in [-0.39, 0.29) is 5.75 Å². The molecule has 21 heavy (non-hydrogen) atoms. The van der Waals surface area contributed by atoms with Crippen LogP contribution in [-0.2, 0) is 7.05 Å². The van der Waals surface area contributed by atoms with Gasteiger partial charge in [-0.3, -0.25) is 0 Å². The maximum Gasteiger partial charge on any atom is 0.167 e. The Morgan fingerprint density at radius 3 is 2.38 bits per heavy atom. The fraction of sp³-hybridized carbons (Fsp3) is 0.0588. The van der Waals surface area contributed by atoms with E-state index < -0.39 is 0 Å². The van der Waals surface area contributed by atoms with Crippen molar-refractivity contribution in [2.45, 2.75) is 0 Å². The minimum atomic E-state index is 0.201. The van der Waals surface area contributed by atoms with Crippen LogP contribution in [0.25, 0.3) is 23.5 Å². The van der Waals surface area contributed by atoms with Gasteiger partial charge in [0.1, 0.15) is 5.75 Å². The van der Waals surface area contributed by atoms with Gasteiger partial charge in [0.15, 0.2) is 11.6 Å². The monoisotopic (exact) mass is 277 g/mol. The number of aromatic nitrogens is 3. The molecule has 1 heterocycles. The molecule has 104 valence electrons. The Kier molecular flexibility index (Phi) is 3.51. The van der Waals surface area contributed by atoms with E-state index >= 15 is 0 Å². The van der Waals surface area contributed by atoms with E-state index in [0.717, 1.165) is 11.4 Å². The molecule has 0 aliphatic heterocycles. The van der Waals surface area contributed by atoms with Gasteiger partial charge in [0.2, 0.25) is 0 Å². The SMILES string of the molecule is Cn1c(C=Cc2ccccc2)nnc1-c1ccccc1O. The van der Waals surface area contributed by atoms with Crippen LogP contribution in [0, 0.1) is 0 Å². The minimum Gasteiger partial charge on any atom is -0.507 e. The summed E-state index contributed by atoms with van der Waals surface area (Å²) in [6.07, 6.45) is 3.89. The maximum atomic E-state index is 9.91. The van der Waals surface area contributed by atoms with Crippen molar-refractivity contribution in [1.29, 1.82) is 0 Å². The molecular weight excluding hydrogens is 262 g/mol. The van der Waals surface area contributed by atoms with E-state index in [4.69, 9.17) is 0 Å². The number of aromatic hydroxyl groups is 1. The summed E-state index contributed by atoms with van der Waals surface area (Å²) in [5.74, 6) is 1.57. The summed E-state index contributed by atoms with van der Waals surface area (Å²) < 4.78 is 1.86. The van der Waals surface area contributed by atoms with Crippen LogP contribution in [0.5, 0.6) is 5.75 Å². The van der Waals surface area contributed by atoms with Gasteiger partial charge in [-0.05, 0) is 23.8 Å². The molecule has 3 rings (SSSR count). The third-order valence-corrected chi connectivity index (χ3v) is 3.28. The van der Waals surface area contributed by atoms with E-state index in [1.165, 1.54) is 0 Å². The highest BCUT2D eigenvalue weighted by atomic mass is 16.3. The quantitative estimate of drug-likeness (QED) is 0.798. The molecule has 0 aliphatic carbocycles. The van der Waals surface area contributed by atoms with E-state index in [1.54, 1.807) is 12.1 Å². The van der Waals surface area contributed by atoms with Crippen molar-refractivity contribution in [3.05, 3.63) is 66.0 Å². The van der Waals surface area contributed by atoms with Gasteiger partial charge in [-0.15, -0.1) is 10.2 Å². The highest BCUT2D eigenvalue weighted by Crippen LogP contribution is 2.27. The molecule has 4 nitrogen and oxygen atoms in total. The van der Waals surface area contributed by atoms with Gasteiger partial charge in [-0.25, -0.2) is 0 Å². The van der Waals surface area contributed by atoms with Crippen LogP contribution >= 0.6 is 0 Å². The third-order valence-electron chi connectivity index (χ3n) is 3.28. The van der Waals surface area contributed by atoms with Crippen molar-refractivity contribution < 1.29 is 5.11 Å². The lowest BCUT2D eigenvalue weighted by Crippen LogP contribution is -1.95. The molecule has 1 N–H and O–H groups in total. The Labute approximate surface area is 123 Å². The number of para-hydroxylation sites is 1. The lowest BCUT2D eigenvalue weighted by molar-refractivity contribution is 0.476. The molecule has 0 saturated heterocycles. The van der Waals surface area contributed by atoms with E-state index in [2.05, 4.69) is 10.2 Å². The molecule has 0 radical (unpaired) electrons. The molecule has 2 aromatic carbocycles. The first-order valence-electron chi connectivity index (χ1n) is 6.66. The molecule has 0 unspecified atom stereocenters. The van der Waals surface area contributed by atoms with Crippen molar-refractivity contribution in [2.24, 2.45) is 7.05 Å². The number of hydrogen-bond acceptors (Lipinski definition) is 3. The second-order valence-corrected chi connectivity index (χ2v) is 4.70. The van der Waals surface area contributed by atoms with Gasteiger partial charge in [-0.1, -0.05) is 48.5 Å². The van der Waals surface area contributed by atoms with Gasteiger partial charge in [0.25, 0.3) is 0 Å². The van der Waals surface area contributed by atoms with Gasteiger partial charge >= 0.3 is 0 Å². The zero-order valence-corrected chi connectivity index (χ0v) is 11.6. The van der Waals surface area contributed by atoms with E-state index in [1.807, 2.05) is 66.2 Å². The van der Waals surface area contributed by atoms with Crippen LogP contribution in [0.3, 0.4) is 0 Å². The first-order chi connectivity index (χ1) is 10.3. The van der Waals surface area contributed by atoms with Gasteiger partial charge in [0.05, 0.1) is 5.56 Å². The molecule has 0 saturated carbocycles. The number of hydrogen-bond donors (Lipinski definition) is 1. The van der Waals surface area contributed by atoms with Gasteiger partial charge in [0, 0.05) is 7.05 Å². The number of benzene rings is 2. The topological polar surface area (TPSA) is 50.9 Å². The van der Waals surface area contributed by atoms with Crippen LogP contribution in [0.4, 0.5) is 0 Å². The van der Waals surface area contributed by atoms with Crippen molar-refractivity contribution in [1.82, 2.24) is 14.8 Å². The lowest BCUT2D eigenvalue weighted by Gasteiger charge is -2.03. The first-order valence-corrected chi connectivity index (χ1v) is 6.66. The average Bonchev–Trinajstić information content (AvgIpc) is 2.88. The van der Waals surface area contributed by atoms with E-state index in [9.17, 15) is 5.11 Å².